The van der Waals surface area contributed by atoms with Crippen LogP contribution in [-0.2, 0) is 20.9 Å². The zero-order valence-electron chi connectivity index (χ0n) is 9.60. The number of ether oxygens (including phenoxy) is 2. The minimum Gasteiger partial charge on any atom is -0.465 e. The molecule has 1 rings (SSSR count). The predicted molar refractivity (Wildman–Crippen MR) is 60.7 cm³/mol. The number of methoxy groups -OCH3 is 1. The monoisotopic (exact) mass is 223 g/mol. The molecule has 0 radical (unpaired) electrons. The Labute approximate surface area is 95.3 Å². The molecule has 1 unspecified atom stereocenters. The number of hydrogen-bond acceptors (Lipinski definition) is 4. The Morgan fingerprint density at radius 2 is 2.12 bits per heavy atom. The van der Waals surface area contributed by atoms with Gasteiger partial charge >= 0.3 is 5.97 Å². The third-order valence-electron chi connectivity index (χ3n) is 2.23. The molecule has 88 valence electrons. The van der Waals surface area contributed by atoms with E-state index in [1.807, 2.05) is 24.3 Å². The smallest absolute Gasteiger partial charge is 0.327 e. The van der Waals surface area contributed by atoms with Gasteiger partial charge in [-0.3, -0.25) is 0 Å². The van der Waals surface area contributed by atoms with Gasteiger partial charge in [0.2, 0.25) is 0 Å². The van der Waals surface area contributed by atoms with Gasteiger partial charge in [-0.25, -0.2) is 4.79 Å². The highest BCUT2D eigenvalue weighted by Crippen LogP contribution is 2.18. The molecule has 0 saturated carbocycles. The van der Waals surface area contributed by atoms with Gasteiger partial charge in [0.15, 0.2) is 0 Å². The van der Waals surface area contributed by atoms with Crippen LogP contribution in [0.15, 0.2) is 24.3 Å². The van der Waals surface area contributed by atoms with E-state index < -0.39 is 12.0 Å². The van der Waals surface area contributed by atoms with Gasteiger partial charge in [-0.1, -0.05) is 24.3 Å². The molecule has 0 heterocycles. The summed E-state index contributed by atoms with van der Waals surface area (Å²) in [6.45, 7) is 2.52. The number of carbonyl (C=O) groups is 1. The minimum atomic E-state index is -0.744. The molecular formula is C12H17NO3. The maximum absolute atomic E-state index is 11.5. The second-order valence-corrected chi connectivity index (χ2v) is 3.36. The van der Waals surface area contributed by atoms with Gasteiger partial charge in [0.25, 0.3) is 0 Å². The van der Waals surface area contributed by atoms with Crippen molar-refractivity contribution in [2.24, 2.45) is 5.73 Å². The number of benzene rings is 1. The highest BCUT2D eigenvalue weighted by atomic mass is 16.5. The Balaban J connectivity index is 2.89. The second-order valence-electron chi connectivity index (χ2n) is 3.36. The minimum absolute atomic E-state index is 0.332. The van der Waals surface area contributed by atoms with Crippen LogP contribution < -0.4 is 5.73 Å². The van der Waals surface area contributed by atoms with Gasteiger partial charge in [-0.05, 0) is 18.1 Å². The zero-order chi connectivity index (χ0) is 12.0. The summed E-state index contributed by atoms with van der Waals surface area (Å²) in [5, 5.41) is 0. The highest BCUT2D eigenvalue weighted by molar-refractivity contribution is 5.77. The van der Waals surface area contributed by atoms with Gasteiger partial charge in [0.1, 0.15) is 6.04 Å². The van der Waals surface area contributed by atoms with E-state index in [2.05, 4.69) is 0 Å². The fourth-order valence-corrected chi connectivity index (χ4v) is 1.48. The SMILES string of the molecule is CCOC(=O)C(N)c1ccccc1COC. The fraction of sp³-hybridized carbons (Fsp3) is 0.417. The molecule has 0 saturated heterocycles. The summed E-state index contributed by atoms with van der Waals surface area (Å²) in [4.78, 5) is 11.5. The van der Waals surface area contributed by atoms with Crippen molar-refractivity contribution in [3.05, 3.63) is 35.4 Å². The Morgan fingerprint density at radius 1 is 1.44 bits per heavy atom. The molecule has 0 amide bonds. The van der Waals surface area contributed by atoms with Crippen LogP contribution >= 0.6 is 0 Å². The molecule has 0 aliphatic carbocycles. The van der Waals surface area contributed by atoms with Crippen LogP contribution in [0.3, 0.4) is 0 Å². The first kappa shape index (κ1) is 12.7. The van der Waals surface area contributed by atoms with Crippen LogP contribution in [-0.4, -0.2) is 19.7 Å². The summed E-state index contributed by atoms with van der Waals surface area (Å²) in [6.07, 6.45) is 0. The molecule has 0 spiro atoms. The topological polar surface area (TPSA) is 61.5 Å². The van der Waals surface area contributed by atoms with Gasteiger partial charge < -0.3 is 15.2 Å². The quantitative estimate of drug-likeness (QED) is 0.766. The molecule has 0 aliphatic heterocycles. The van der Waals surface area contributed by atoms with Gasteiger partial charge in [-0.15, -0.1) is 0 Å². The maximum atomic E-state index is 11.5. The lowest BCUT2D eigenvalue weighted by molar-refractivity contribution is -0.144. The van der Waals surface area contributed by atoms with E-state index in [0.717, 1.165) is 11.1 Å². The normalized spacial score (nSPS) is 12.2. The molecule has 0 fully saturated rings. The zero-order valence-corrected chi connectivity index (χ0v) is 9.60. The van der Waals surface area contributed by atoms with Crippen LogP contribution in [0.1, 0.15) is 24.1 Å². The van der Waals surface area contributed by atoms with E-state index in [4.69, 9.17) is 15.2 Å². The third-order valence-corrected chi connectivity index (χ3v) is 2.23. The summed E-state index contributed by atoms with van der Waals surface area (Å²) in [5.41, 5.74) is 7.49. The standard InChI is InChI=1S/C12H17NO3/c1-3-16-12(14)11(13)10-7-5-4-6-9(10)8-15-2/h4-7,11H,3,8,13H2,1-2H3. The maximum Gasteiger partial charge on any atom is 0.327 e. The molecule has 0 aromatic heterocycles. The lowest BCUT2D eigenvalue weighted by Gasteiger charge is -2.14. The van der Waals surface area contributed by atoms with E-state index >= 15 is 0 Å². The summed E-state index contributed by atoms with van der Waals surface area (Å²) in [6, 6.07) is 6.68. The summed E-state index contributed by atoms with van der Waals surface area (Å²) in [5.74, 6) is -0.411. The number of esters is 1. The van der Waals surface area contributed by atoms with E-state index in [-0.39, 0.29) is 0 Å². The van der Waals surface area contributed by atoms with Crippen molar-refractivity contribution >= 4 is 5.97 Å². The van der Waals surface area contributed by atoms with Crippen LogP contribution in [0, 0.1) is 0 Å². The first-order chi connectivity index (χ1) is 7.70. The molecule has 2 N–H and O–H groups in total. The lowest BCUT2D eigenvalue weighted by Crippen LogP contribution is -2.25. The molecule has 4 heteroatoms. The summed E-state index contributed by atoms with van der Waals surface area (Å²) >= 11 is 0. The van der Waals surface area contributed by atoms with Gasteiger partial charge in [0.05, 0.1) is 13.2 Å². The average Bonchev–Trinajstić information content (AvgIpc) is 2.29. The average molecular weight is 223 g/mol. The first-order valence-corrected chi connectivity index (χ1v) is 5.19. The Kier molecular flexibility index (Phi) is 4.95. The third kappa shape index (κ3) is 3.05. The molecule has 1 atom stereocenters. The number of nitrogens with two attached hydrogens (primary N) is 1. The van der Waals surface area contributed by atoms with Gasteiger partial charge in [0, 0.05) is 7.11 Å². The van der Waals surface area contributed by atoms with Crippen molar-refractivity contribution in [1.29, 1.82) is 0 Å². The fourth-order valence-electron chi connectivity index (χ4n) is 1.48. The molecule has 1 aromatic rings. The Morgan fingerprint density at radius 3 is 2.75 bits per heavy atom. The summed E-state index contributed by atoms with van der Waals surface area (Å²) < 4.78 is 9.94. The van der Waals surface area contributed by atoms with Crippen molar-refractivity contribution < 1.29 is 14.3 Å². The van der Waals surface area contributed by atoms with Crippen LogP contribution in [0.25, 0.3) is 0 Å². The van der Waals surface area contributed by atoms with Crippen molar-refractivity contribution in [2.45, 2.75) is 19.6 Å². The Bertz CT molecular complexity index is 352. The van der Waals surface area contributed by atoms with Crippen molar-refractivity contribution in [2.75, 3.05) is 13.7 Å². The van der Waals surface area contributed by atoms with E-state index in [0.29, 0.717) is 13.2 Å². The molecule has 0 bridgehead atoms. The largest absolute Gasteiger partial charge is 0.465 e. The molecule has 1 aromatic carbocycles. The van der Waals surface area contributed by atoms with Crippen LogP contribution in [0.5, 0.6) is 0 Å². The summed E-state index contributed by atoms with van der Waals surface area (Å²) in [7, 11) is 1.60. The van der Waals surface area contributed by atoms with E-state index in [9.17, 15) is 4.79 Å². The van der Waals surface area contributed by atoms with E-state index in [1.54, 1.807) is 14.0 Å². The predicted octanol–water partition coefficient (Wildman–Crippen LogP) is 1.40. The number of carbonyl (C=O) groups excluding carboxylic acids is 1. The number of rotatable bonds is 5. The van der Waals surface area contributed by atoms with Crippen molar-refractivity contribution in [3.8, 4) is 0 Å². The van der Waals surface area contributed by atoms with Crippen LogP contribution in [0.2, 0.25) is 0 Å². The number of hydrogen-bond donors (Lipinski definition) is 1. The second kappa shape index (κ2) is 6.25. The first-order valence-electron chi connectivity index (χ1n) is 5.19. The van der Waals surface area contributed by atoms with Gasteiger partial charge in [-0.2, -0.15) is 0 Å². The molecule has 0 aliphatic rings. The molecule has 4 nitrogen and oxygen atoms in total. The van der Waals surface area contributed by atoms with Crippen LogP contribution in [0.4, 0.5) is 0 Å². The lowest BCUT2D eigenvalue weighted by atomic mass is 10.0. The molecular weight excluding hydrogens is 206 g/mol. The van der Waals surface area contributed by atoms with E-state index in [1.165, 1.54) is 0 Å². The highest BCUT2D eigenvalue weighted by Gasteiger charge is 2.19. The molecule has 16 heavy (non-hydrogen) atoms. The van der Waals surface area contributed by atoms with Crippen molar-refractivity contribution in [3.63, 3.8) is 0 Å². The van der Waals surface area contributed by atoms with Crippen molar-refractivity contribution in [1.82, 2.24) is 0 Å². The Hall–Kier alpha value is -1.39.